The molecule has 2 heterocycles. The maximum absolute atomic E-state index is 4.91. The quantitative estimate of drug-likeness (QED) is 0.236. The topological polar surface area (TPSA) is 43.6 Å². The number of hydrogen-bond acceptors (Lipinski definition) is 3. The lowest BCUT2D eigenvalue weighted by atomic mass is 10.0. The Morgan fingerprint density at radius 3 is 1.62 bits per heavy atom. The van der Waals surface area contributed by atoms with E-state index in [-0.39, 0.29) is 0 Å². The van der Waals surface area contributed by atoms with Gasteiger partial charge in [0.1, 0.15) is 0 Å². The number of aromatic nitrogens is 4. The zero-order valence-electron chi connectivity index (χ0n) is 21.6. The Labute approximate surface area is 227 Å². The SMILES string of the molecule is CCn1c2ccccc2c2cc(-c3cccc(-c4nc(-c5ccccc5)nc(-c5ccccc5)n4)c3)ccc21. The van der Waals surface area contributed by atoms with Gasteiger partial charge in [-0.3, -0.25) is 0 Å². The van der Waals surface area contributed by atoms with Crippen molar-refractivity contribution in [2.45, 2.75) is 13.5 Å². The molecule has 0 unspecified atom stereocenters. The molecule has 0 spiro atoms. The van der Waals surface area contributed by atoms with Crippen LogP contribution in [0.1, 0.15) is 6.92 Å². The van der Waals surface area contributed by atoms with Gasteiger partial charge >= 0.3 is 0 Å². The van der Waals surface area contributed by atoms with Gasteiger partial charge in [-0.15, -0.1) is 0 Å². The standard InChI is InChI=1S/C35H26N4/c1-2-39-31-19-10-9-18-29(31)30-23-27(20-21-32(30)39)26-16-11-17-28(22-26)35-37-33(24-12-5-3-6-13-24)36-34(38-35)25-14-7-4-8-15-25/h3-23H,2H2,1H3. The highest BCUT2D eigenvalue weighted by atomic mass is 15.0. The number of para-hydroxylation sites is 1. The molecule has 0 N–H and O–H groups in total. The lowest BCUT2D eigenvalue weighted by Gasteiger charge is -2.10. The van der Waals surface area contributed by atoms with Gasteiger partial charge in [0.05, 0.1) is 0 Å². The summed E-state index contributed by atoms with van der Waals surface area (Å²) >= 11 is 0. The van der Waals surface area contributed by atoms with Gasteiger partial charge in [-0.1, -0.05) is 103 Å². The predicted molar refractivity (Wildman–Crippen MR) is 160 cm³/mol. The Bertz CT molecular complexity index is 1880. The lowest BCUT2D eigenvalue weighted by molar-refractivity contribution is 0.827. The average Bonchev–Trinajstić information content (AvgIpc) is 3.34. The first kappa shape index (κ1) is 23.1. The highest BCUT2D eigenvalue weighted by molar-refractivity contribution is 6.09. The van der Waals surface area contributed by atoms with Crippen LogP contribution in [0.15, 0.2) is 127 Å². The fraction of sp³-hybridized carbons (Fsp3) is 0.0571. The summed E-state index contributed by atoms with van der Waals surface area (Å²) in [5, 5.41) is 2.55. The fourth-order valence-electron chi connectivity index (χ4n) is 5.35. The number of hydrogen-bond donors (Lipinski definition) is 0. The Balaban J connectivity index is 1.37. The van der Waals surface area contributed by atoms with E-state index in [4.69, 9.17) is 15.0 Å². The van der Waals surface area contributed by atoms with E-state index in [0.717, 1.165) is 28.8 Å². The van der Waals surface area contributed by atoms with Crippen LogP contribution in [0.5, 0.6) is 0 Å². The molecule has 0 saturated heterocycles. The highest BCUT2D eigenvalue weighted by Crippen LogP contribution is 2.34. The largest absolute Gasteiger partial charge is 0.341 e. The first-order chi connectivity index (χ1) is 19.3. The molecular formula is C35H26N4. The van der Waals surface area contributed by atoms with Crippen LogP contribution < -0.4 is 0 Å². The van der Waals surface area contributed by atoms with Crippen molar-refractivity contribution in [3.05, 3.63) is 127 Å². The molecule has 186 valence electrons. The van der Waals surface area contributed by atoms with Crippen LogP contribution in [-0.2, 0) is 6.54 Å². The normalized spacial score (nSPS) is 11.3. The second-order valence-electron chi connectivity index (χ2n) is 9.61. The van der Waals surface area contributed by atoms with Gasteiger partial charge in [0.2, 0.25) is 0 Å². The van der Waals surface area contributed by atoms with Crippen LogP contribution >= 0.6 is 0 Å². The average molecular weight is 503 g/mol. The molecule has 4 nitrogen and oxygen atoms in total. The second kappa shape index (κ2) is 9.66. The van der Waals surface area contributed by atoms with Gasteiger partial charge in [-0.2, -0.15) is 0 Å². The van der Waals surface area contributed by atoms with Gasteiger partial charge in [0.25, 0.3) is 0 Å². The fourth-order valence-corrected chi connectivity index (χ4v) is 5.35. The van der Waals surface area contributed by atoms with Crippen molar-refractivity contribution < 1.29 is 0 Å². The van der Waals surface area contributed by atoms with E-state index in [1.165, 1.54) is 27.4 Å². The summed E-state index contributed by atoms with van der Waals surface area (Å²) in [7, 11) is 0. The molecule has 0 amide bonds. The van der Waals surface area contributed by atoms with E-state index in [1.807, 2.05) is 60.7 Å². The third-order valence-electron chi connectivity index (χ3n) is 7.24. The number of fused-ring (bicyclic) bond motifs is 3. The summed E-state index contributed by atoms with van der Waals surface area (Å²) in [4.78, 5) is 14.7. The van der Waals surface area contributed by atoms with E-state index in [9.17, 15) is 0 Å². The Hall–Kier alpha value is -5.09. The number of nitrogens with zero attached hydrogens (tertiary/aromatic N) is 4. The van der Waals surface area contributed by atoms with E-state index in [2.05, 4.69) is 78.2 Å². The number of benzene rings is 5. The first-order valence-corrected chi connectivity index (χ1v) is 13.3. The minimum Gasteiger partial charge on any atom is -0.341 e. The molecule has 0 aliphatic heterocycles. The van der Waals surface area contributed by atoms with E-state index < -0.39 is 0 Å². The van der Waals surface area contributed by atoms with Crippen molar-refractivity contribution in [1.29, 1.82) is 0 Å². The molecule has 0 atom stereocenters. The Kier molecular flexibility index (Phi) is 5.71. The highest BCUT2D eigenvalue weighted by Gasteiger charge is 2.14. The zero-order chi connectivity index (χ0) is 26.2. The van der Waals surface area contributed by atoms with Crippen LogP contribution in [-0.4, -0.2) is 19.5 Å². The zero-order valence-corrected chi connectivity index (χ0v) is 21.6. The van der Waals surface area contributed by atoms with E-state index >= 15 is 0 Å². The van der Waals surface area contributed by atoms with Crippen LogP contribution in [0.25, 0.3) is 67.1 Å². The number of aryl methyl sites for hydroxylation is 1. The smallest absolute Gasteiger partial charge is 0.164 e. The van der Waals surface area contributed by atoms with Crippen molar-refractivity contribution >= 4 is 21.8 Å². The summed E-state index contributed by atoms with van der Waals surface area (Å²) in [6.45, 7) is 3.14. The summed E-state index contributed by atoms with van der Waals surface area (Å²) in [5.74, 6) is 1.99. The van der Waals surface area contributed by atoms with Crippen molar-refractivity contribution in [2.24, 2.45) is 0 Å². The number of rotatable bonds is 5. The van der Waals surface area contributed by atoms with Crippen LogP contribution in [0, 0.1) is 0 Å². The second-order valence-corrected chi connectivity index (χ2v) is 9.61. The molecule has 0 fully saturated rings. The van der Waals surface area contributed by atoms with Crippen LogP contribution in [0.2, 0.25) is 0 Å². The molecule has 39 heavy (non-hydrogen) atoms. The molecule has 0 radical (unpaired) electrons. The molecule has 0 bridgehead atoms. The van der Waals surface area contributed by atoms with E-state index in [1.54, 1.807) is 0 Å². The molecule has 5 aromatic carbocycles. The van der Waals surface area contributed by atoms with Gasteiger partial charge < -0.3 is 4.57 Å². The molecule has 0 aliphatic rings. The molecule has 7 rings (SSSR count). The van der Waals surface area contributed by atoms with Crippen molar-refractivity contribution in [3.8, 4) is 45.3 Å². The van der Waals surface area contributed by atoms with E-state index in [0.29, 0.717) is 17.5 Å². The van der Waals surface area contributed by atoms with Gasteiger partial charge in [0, 0.05) is 45.0 Å². The van der Waals surface area contributed by atoms with Gasteiger partial charge in [0.15, 0.2) is 17.5 Å². The molecule has 4 heteroatoms. The summed E-state index contributed by atoms with van der Waals surface area (Å²) < 4.78 is 2.38. The Morgan fingerprint density at radius 1 is 0.436 bits per heavy atom. The predicted octanol–water partition coefficient (Wildman–Crippen LogP) is 8.67. The maximum Gasteiger partial charge on any atom is 0.164 e. The lowest BCUT2D eigenvalue weighted by Crippen LogP contribution is -2.00. The molecular weight excluding hydrogens is 476 g/mol. The van der Waals surface area contributed by atoms with Crippen LogP contribution in [0.4, 0.5) is 0 Å². The first-order valence-electron chi connectivity index (χ1n) is 13.3. The van der Waals surface area contributed by atoms with Crippen molar-refractivity contribution in [2.75, 3.05) is 0 Å². The third-order valence-corrected chi connectivity index (χ3v) is 7.24. The van der Waals surface area contributed by atoms with Crippen molar-refractivity contribution in [1.82, 2.24) is 19.5 Å². The van der Waals surface area contributed by atoms with Gasteiger partial charge in [-0.25, -0.2) is 15.0 Å². The van der Waals surface area contributed by atoms with Gasteiger partial charge in [-0.05, 0) is 42.3 Å². The minimum absolute atomic E-state index is 0.660. The molecule has 7 aromatic rings. The monoisotopic (exact) mass is 502 g/mol. The van der Waals surface area contributed by atoms with Crippen LogP contribution in [0.3, 0.4) is 0 Å². The molecule has 0 saturated carbocycles. The summed E-state index contributed by atoms with van der Waals surface area (Å²) in [6, 6.07) is 44.1. The summed E-state index contributed by atoms with van der Waals surface area (Å²) in [6.07, 6.45) is 0. The van der Waals surface area contributed by atoms with Crippen molar-refractivity contribution in [3.63, 3.8) is 0 Å². The Morgan fingerprint density at radius 2 is 0.949 bits per heavy atom. The minimum atomic E-state index is 0.660. The molecule has 2 aromatic heterocycles. The molecule has 0 aliphatic carbocycles. The maximum atomic E-state index is 4.91. The summed E-state index contributed by atoms with van der Waals surface area (Å²) in [5.41, 5.74) is 7.72. The third kappa shape index (κ3) is 4.16.